The van der Waals surface area contributed by atoms with Crippen molar-refractivity contribution in [2.45, 2.75) is 19.3 Å². The molecule has 0 N–H and O–H groups in total. The molecule has 0 amide bonds. The predicted octanol–water partition coefficient (Wildman–Crippen LogP) is 6.62. The lowest BCUT2D eigenvalue weighted by Gasteiger charge is -2.13. The van der Waals surface area contributed by atoms with Crippen molar-refractivity contribution in [3.8, 4) is 0 Å². The molecule has 0 bridgehead atoms. The molecule has 3 rings (SSSR count). The summed E-state index contributed by atoms with van der Waals surface area (Å²) in [7, 11) is 0. The van der Waals surface area contributed by atoms with Gasteiger partial charge in [-0.1, -0.05) is 61.5 Å². The van der Waals surface area contributed by atoms with Crippen LogP contribution in [0.25, 0.3) is 12.2 Å². The lowest BCUT2D eigenvalue weighted by molar-refractivity contribution is 0.581. The molecule has 0 radical (unpaired) electrons. The minimum absolute atomic E-state index is 0.209. The average Bonchev–Trinajstić information content (AvgIpc) is 2.63. The third kappa shape index (κ3) is 4.42. The second kappa shape index (κ2) is 8.05. The van der Waals surface area contributed by atoms with Gasteiger partial charge in [-0.25, -0.2) is 13.2 Å². The molecule has 0 aromatic heterocycles. The Labute approximate surface area is 151 Å². The highest BCUT2D eigenvalue weighted by molar-refractivity contribution is 5.70. The number of hydrogen-bond acceptors (Lipinski definition) is 0. The fraction of sp³-hybridized carbons (Fsp3) is 0.130. The van der Waals surface area contributed by atoms with Crippen LogP contribution in [0.4, 0.5) is 13.2 Å². The topological polar surface area (TPSA) is 0 Å². The summed E-state index contributed by atoms with van der Waals surface area (Å²) in [5, 5.41) is 0. The summed E-state index contributed by atoms with van der Waals surface area (Å²) in [6.07, 6.45) is 3.73. The molecule has 3 aromatic rings. The van der Waals surface area contributed by atoms with Crippen LogP contribution in [0.3, 0.4) is 0 Å². The van der Waals surface area contributed by atoms with E-state index in [1.807, 2.05) is 30.3 Å². The summed E-state index contributed by atoms with van der Waals surface area (Å²) in [5.41, 5.74) is 2.70. The van der Waals surface area contributed by atoms with E-state index in [1.54, 1.807) is 18.2 Å². The third-order valence-electron chi connectivity index (χ3n) is 4.39. The van der Waals surface area contributed by atoms with E-state index in [9.17, 15) is 13.2 Å². The van der Waals surface area contributed by atoms with E-state index >= 15 is 0 Å². The summed E-state index contributed by atoms with van der Waals surface area (Å²) in [5.74, 6) is -1.34. The second-order valence-electron chi connectivity index (χ2n) is 6.37. The van der Waals surface area contributed by atoms with Gasteiger partial charge in [-0.2, -0.15) is 0 Å². The highest BCUT2D eigenvalue weighted by Crippen LogP contribution is 2.23. The Balaban J connectivity index is 1.74. The smallest absolute Gasteiger partial charge is 0.133 e. The Kier molecular flexibility index (Phi) is 5.57. The first-order valence-corrected chi connectivity index (χ1v) is 8.49. The van der Waals surface area contributed by atoms with Gasteiger partial charge in [-0.3, -0.25) is 0 Å². The second-order valence-corrected chi connectivity index (χ2v) is 6.37. The first-order valence-electron chi connectivity index (χ1n) is 8.49. The first kappa shape index (κ1) is 18.0. The minimum atomic E-state index is -0.643. The van der Waals surface area contributed by atoms with Crippen molar-refractivity contribution in [3.05, 3.63) is 106 Å². The standard InChI is InChI=1S/C23H19F3/c1-16(18-5-3-2-4-6-18)13-20-10-8-17(14-22(20)25)7-9-19-11-12-21(24)15-23(19)26/h2-12,14-16H,13H2,1H3/t16-/m0/s1. The number of hydrogen-bond donors (Lipinski definition) is 0. The summed E-state index contributed by atoms with van der Waals surface area (Å²) >= 11 is 0. The van der Waals surface area contributed by atoms with Gasteiger partial charge in [0.05, 0.1) is 0 Å². The van der Waals surface area contributed by atoms with Crippen molar-refractivity contribution in [1.82, 2.24) is 0 Å². The quantitative estimate of drug-likeness (QED) is 0.453. The summed E-state index contributed by atoms with van der Waals surface area (Å²) in [6.45, 7) is 2.07. The Bertz CT molecular complexity index is 914. The van der Waals surface area contributed by atoms with Crippen molar-refractivity contribution in [2.75, 3.05) is 0 Å². The molecular formula is C23H19F3. The highest BCUT2D eigenvalue weighted by Gasteiger charge is 2.10. The normalized spacial score (nSPS) is 12.5. The zero-order valence-electron chi connectivity index (χ0n) is 14.4. The molecule has 0 saturated carbocycles. The van der Waals surface area contributed by atoms with Crippen LogP contribution >= 0.6 is 0 Å². The van der Waals surface area contributed by atoms with E-state index in [1.165, 1.54) is 29.8 Å². The zero-order valence-corrected chi connectivity index (χ0v) is 14.4. The third-order valence-corrected chi connectivity index (χ3v) is 4.39. The van der Waals surface area contributed by atoms with Gasteiger partial charge in [0.2, 0.25) is 0 Å². The summed E-state index contributed by atoms with van der Waals surface area (Å²) in [6, 6.07) is 18.4. The maximum absolute atomic E-state index is 14.4. The highest BCUT2D eigenvalue weighted by atomic mass is 19.1. The lowest BCUT2D eigenvalue weighted by Crippen LogP contribution is -2.00. The van der Waals surface area contributed by atoms with Gasteiger partial charge in [0.15, 0.2) is 0 Å². The van der Waals surface area contributed by atoms with Crippen molar-refractivity contribution in [3.63, 3.8) is 0 Å². The van der Waals surface area contributed by atoms with Crippen LogP contribution in [0.1, 0.15) is 35.1 Å². The van der Waals surface area contributed by atoms with Crippen LogP contribution in [0, 0.1) is 17.5 Å². The van der Waals surface area contributed by atoms with Gasteiger partial charge in [0, 0.05) is 11.6 Å². The molecule has 3 heteroatoms. The van der Waals surface area contributed by atoms with Crippen molar-refractivity contribution in [2.24, 2.45) is 0 Å². The van der Waals surface area contributed by atoms with E-state index < -0.39 is 11.6 Å². The first-order chi connectivity index (χ1) is 12.5. The average molecular weight is 352 g/mol. The molecule has 0 saturated heterocycles. The molecule has 0 unspecified atom stereocenters. The largest absolute Gasteiger partial charge is 0.207 e. The molecule has 0 aliphatic rings. The maximum atomic E-state index is 14.4. The van der Waals surface area contributed by atoms with Gasteiger partial charge < -0.3 is 0 Å². The monoisotopic (exact) mass is 352 g/mol. The van der Waals surface area contributed by atoms with Gasteiger partial charge in [-0.15, -0.1) is 0 Å². The fourth-order valence-corrected chi connectivity index (χ4v) is 2.88. The minimum Gasteiger partial charge on any atom is -0.207 e. The number of benzene rings is 3. The molecule has 3 aromatic carbocycles. The number of halogens is 3. The zero-order chi connectivity index (χ0) is 18.5. The van der Waals surface area contributed by atoms with E-state index in [-0.39, 0.29) is 17.3 Å². The summed E-state index contributed by atoms with van der Waals surface area (Å²) < 4.78 is 41.0. The van der Waals surface area contributed by atoms with Crippen LogP contribution in [0.5, 0.6) is 0 Å². The van der Waals surface area contributed by atoms with Gasteiger partial charge >= 0.3 is 0 Å². The van der Waals surface area contributed by atoms with Crippen LogP contribution in [0.2, 0.25) is 0 Å². The maximum Gasteiger partial charge on any atom is 0.133 e. The fourth-order valence-electron chi connectivity index (χ4n) is 2.88. The molecule has 0 aliphatic carbocycles. The Hall–Kier alpha value is -2.81. The predicted molar refractivity (Wildman–Crippen MR) is 100 cm³/mol. The van der Waals surface area contributed by atoms with Crippen LogP contribution in [0.15, 0.2) is 66.7 Å². The molecule has 0 spiro atoms. The molecule has 0 aliphatic heterocycles. The van der Waals surface area contributed by atoms with Crippen molar-refractivity contribution < 1.29 is 13.2 Å². The van der Waals surface area contributed by atoms with Crippen LogP contribution < -0.4 is 0 Å². The molecule has 0 fully saturated rings. The van der Waals surface area contributed by atoms with E-state index in [2.05, 4.69) is 6.92 Å². The molecule has 1 atom stereocenters. The number of rotatable bonds is 5. The lowest BCUT2D eigenvalue weighted by atomic mass is 9.93. The molecule has 0 nitrogen and oxygen atoms in total. The van der Waals surface area contributed by atoms with Gasteiger partial charge in [-0.05, 0) is 47.2 Å². The molecule has 26 heavy (non-hydrogen) atoms. The Morgan fingerprint density at radius 1 is 0.808 bits per heavy atom. The molecule has 0 heterocycles. The Morgan fingerprint density at radius 3 is 2.27 bits per heavy atom. The Morgan fingerprint density at radius 2 is 1.58 bits per heavy atom. The molecular weight excluding hydrogens is 333 g/mol. The van der Waals surface area contributed by atoms with E-state index in [0.29, 0.717) is 17.5 Å². The SMILES string of the molecule is C[C@@H](Cc1ccc(C=Cc2ccc(F)cc2F)cc1F)c1ccccc1. The van der Waals surface area contributed by atoms with Crippen LogP contribution in [-0.4, -0.2) is 0 Å². The van der Waals surface area contributed by atoms with Gasteiger partial charge in [0.25, 0.3) is 0 Å². The van der Waals surface area contributed by atoms with Crippen LogP contribution in [-0.2, 0) is 6.42 Å². The van der Waals surface area contributed by atoms with Gasteiger partial charge in [0.1, 0.15) is 17.5 Å². The van der Waals surface area contributed by atoms with Crippen molar-refractivity contribution in [1.29, 1.82) is 0 Å². The van der Waals surface area contributed by atoms with E-state index in [4.69, 9.17) is 0 Å². The summed E-state index contributed by atoms with van der Waals surface area (Å²) in [4.78, 5) is 0. The van der Waals surface area contributed by atoms with E-state index in [0.717, 1.165) is 6.07 Å². The molecule has 132 valence electrons. The van der Waals surface area contributed by atoms with Crippen molar-refractivity contribution >= 4 is 12.2 Å².